The van der Waals surface area contributed by atoms with E-state index in [1.807, 2.05) is 64.1 Å². The monoisotopic (exact) mass is 482 g/mol. The number of benzene rings is 1. The number of carbonyl (C=O) groups excluding carboxylic acids is 2. The lowest BCUT2D eigenvalue weighted by atomic mass is 9.47. The number of allylic oxidation sites excluding steroid dienone is 1. The maximum absolute atomic E-state index is 14.5. The van der Waals surface area contributed by atoms with Crippen molar-refractivity contribution >= 4 is 17.8 Å². The predicted molar refractivity (Wildman–Crippen MR) is 133 cm³/mol. The van der Waals surface area contributed by atoms with Crippen molar-refractivity contribution in [2.45, 2.75) is 77.8 Å². The molecule has 0 amide bonds. The summed E-state index contributed by atoms with van der Waals surface area (Å²) in [5, 5.41) is 33.7. The van der Waals surface area contributed by atoms with E-state index < -0.39 is 52.0 Å². The molecule has 6 heteroatoms. The first-order valence-corrected chi connectivity index (χ1v) is 12.5. The maximum atomic E-state index is 14.5. The minimum absolute atomic E-state index is 0.144. The second-order valence-electron chi connectivity index (χ2n) is 11.9. The van der Waals surface area contributed by atoms with E-state index in [-0.39, 0.29) is 18.1 Å². The van der Waals surface area contributed by atoms with E-state index in [9.17, 15) is 24.9 Å². The zero-order valence-corrected chi connectivity index (χ0v) is 21.3. The Kier molecular flexibility index (Phi) is 6.40. The zero-order valence-electron chi connectivity index (χ0n) is 21.3. The number of esters is 1. The maximum Gasteiger partial charge on any atom is 0.331 e. The summed E-state index contributed by atoms with van der Waals surface area (Å²) in [5.41, 5.74) is -3.50. The summed E-state index contributed by atoms with van der Waals surface area (Å²) < 4.78 is 5.97. The quantitative estimate of drug-likeness (QED) is 0.345. The fourth-order valence-electron chi connectivity index (χ4n) is 6.53. The van der Waals surface area contributed by atoms with E-state index in [0.717, 1.165) is 5.56 Å². The third kappa shape index (κ3) is 3.90. The van der Waals surface area contributed by atoms with Gasteiger partial charge in [0.25, 0.3) is 0 Å². The Balaban J connectivity index is 1.78. The molecule has 3 N–H and O–H groups in total. The number of aliphatic hydroxyl groups excluding tert-OH is 3. The standard InChI is InChI=1S/C29H38O6/c1-18-17-29(35-21(31)12-11-19-9-7-6-8-10-19)22(23(18)32)24(33)27(4)14-13-20(30)26(2,3)15-16-28(27,5)25(29)34/h6-12,15-16,18,20,22-24,30,32-33H,13-14,17H2,1-5H3/t18-,20-,22-,23-,24-,27+,28+,29-/m1/s1. The summed E-state index contributed by atoms with van der Waals surface area (Å²) in [7, 11) is 0. The normalized spacial score (nSPS) is 42.7. The molecule has 3 aliphatic rings. The minimum Gasteiger partial charge on any atom is -0.447 e. The first kappa shape index (κ1) is 25.8. The van der Waals surface area contributed by atoms with E-state index in [1.54, 1.807) is 19.1 Å². The van der Waals surface area contributed by atoms with Crippen LogP contribution in [0.15, 0.2) is 48.6 Å². The summed E-state index contributed by atoms with van der Waals surface area (Å²) in [6.45, 7) is 9.29. The summed E-state index contributed by atoms with van der Waals surface area (Å²) in [6, 6.07) is 9.30. The number of hydrogen-bond acceptors (Lipinski definition) is 6. The fourth-order valence-corrected chi connectivity index (χ4v) is 6.53. The molecule has 1 aromatic rings. The Hall–Kier alpha value is -2.28. The van der Waals surface area contributed by atoms with Gasteiger partial charge in [-0.25, -0.2) is 4.79 Å². The van der Waals surface area contributed by atoms with Crippen molar-refractivity contribution < 1.29 is 29.6 Å². The number of carbonyl (C=O) groups is 2. The van der Waals surface area contributed by atoms with Crippen LogP contribution in [-0.4, -0.2) is 51.0 Å². The van der Waals surface area contributed by atoms with Crippen LogP contribution in [0.2, 0.25) is 0 Å². The van der Waals surface area contributed by atoms with Gasteiger partial charge in [0, 0.05) is 23.3 Å². The lowest BCUT2D eigenvalue weighted by molar-refractivity contribution is -0.216. The lowest BCUT2D eigenvalue weighted by Crippen LogP contribution is -2.70. The van der Waals surface area contributed by atoms with Crippen LogP contribution in [0.3, 0.4) is 0 Å². The number of hydrogen-bond donors (Lipinski definition) is 3. The van der Waals surface area contributed by atoms with Gasteiger partial charge in [-0.1, -0.05) is 70.2 Å². The van der Waals surface area contributed by atoms with Gasteiger partial charge in [0.1, 0.15) is 0 Å². The van der Waals surface area contributed by atoms with E-state index >= 15 is 0 Å². The van der Waals surface area contributed by atoms with E-state index in [0.29, 0.717) is 12.8 Å². The molecule has 0 aliphatic heterocycles. The molecule has 6 nitrogen and oxygen atoms in total. The first-order valence-electron chi connectivity index (χ1n) is 12.5. The van der Waals surface area contributed by atoms with Gasteiger partial charge in [-0.05, 0) is 37.3 Å². The van der Waals surface area contributed by atoms with E-state index in [2.05, 4.69) is 0 Å². The molecule has 3 aliphatic carbocycles. The average molecular weight is 483 g/mol. The number of fused-ring (bicyclic) bond motifs is 2. The molecule has 190 valence electrons. The molecule has 0 radical (unpaired) electrons. The van der Waals surface area contributed by atoms with Gasteiger partial charge >= 0.3 is 5.97 Å². The summed E-state index contributed by atoms with van der Waals surface area (Å²) in [6.07, 6.45) is 4.73. The largest absolute Gasteiger partial charge is 0.447 e. The topological polar surface area (TPSA) is 104 Å². The Morgan fingerprint density at radius 2 is 1.71 bits per heavy atom. The van der Waals surface area contributed by atoms with Crippen molar-refractivity contribution in [1.82, 2.24) is 0 Å². The molecule has 0 saturated heterocycles. The van der Waals surface area contributed by atoms with Gasteiger partial charge < -0.3 is 20.1 Å². The zero-order chi connectivity index (χ0) is 25.8. The van der Waals surface area contributed by atoms with Gasteiger partial charge in [-0.15, -0.1) is 0 Å². The highest BCUT2D eigenvalue weighted by Gasteiger charge is 2.74. The molecule has 1 aromatic carbocycles. The van der Waals surface area contributed by atoms with Gasteiger partial charge in [0.15, 0.2) is 11.4 Å². The highest BCUT2D eigenvalue weighted by molar-refractivity contribution is 5.99. The van der Waals surface area contributed by atoms with Crippen LogP contribution in [0.4, 0.5) is 0 Å². The number of ether oxygens (including phenoxy) is 1. The molecule has 0 aromatic heterocycles. The van der Waals surface area contributed by atoms with Crippen molar-refractivity contribution in [2.24, 2.45) is 28.1 Å². The molecular formula is C29H38O6. The van der Waals surface area contributed by atoms with Crippen molar-refractivity contribution in [3.05, 3.63) is 54.1 Å². The molecule has 0 heterocycles. The fraction of sp³-hybridized carbons (Fsp3) is 0.586. The summed E-state index contributed by atoms with van der Waals surface area (Å²) in [5.74, 6) is -2.27. The molecule has 4 rings (SSSR count). The Morgan fingerprint density at radius 3 is 2.37 bits per heavy atom. The Bertz CT molecular complexity index is 1040. The Morgan fingerprint density at radius 1 is 1.06 bits per heavy atom. The Labute approximate surface area is 207 Å². The molecule has 35 heavy (non-hydrogen) atoms. The van der Waals surface area contributed by atoms with Crippen LogP contribution < -0.4 is 0 Å². The van der Waals surface area contributed by atoms with E-state index in [1.165, 1.54) is 6.08 Å². The lowest BCUT2D eigenvalue weighted by Gasteiger charge is -2.59. The summed E-state index contributed by atoms with van der Waals surface area (Å²) >= 11 is 0. The molecule has 8 atom stereocenters. The molecule has 0 unspecified atom stereocenters. The van der Waals surface area contributed by atoms with Gasteiger partial charge in [-0.2, -0.15) is 0 Å². The third-order valence-electron chi connectivity index (χ3n) is 9.29. The molecule has 2 fully saturated rings. The molecule has 2 saturated carbocycles. The van der Waals surface area contributed by atoms with Crippen molar-refractivity contribution in [3.8, 4) is 0 Å². The van der Waals surface area contributed by atoms with Gasteiger partial charge in [-0.3, -0.25) is 4.79 Å². The first-order chi connectivity index (χ1) is 16.3. The van der Waals surface area contributed by atoms with Crippen LogP contribution in [0.5, 0.6) is 0 Å². The van der Waals surface area contributed by atoms with Crippen molar-refractivity contribution in [1.29, 1.82) is 0 Å². The number of Topliss-reactive ketones (excluding diaryl/α,β-unsaturated/α-hetero) is 1. The van der Waals surface area contributed by atoms with Crippen LogP contribution >= 0.6 is 0 Å². The van der Waals surface area contributed by atoms with Crippen LogP contribution in [-0.2, 0) is 14.3 Å². The van der Waals surface area contributed by atoms with Crippen LogP contribution in [0.25, 0.3) is 6.08 Å². The van der Waals surface area contributed by atoms with E-state index in [4.69, 9.17) is 4.74 Å². The third-order valence-corrected chi connectivity index (χ3v) is 9.29. The average Bonchev–Trinajstić information content (AvgIpc) is 3.07. The summed E-state index contributed by atoms with van der Waals surface area (Å²) in [4.78, 5) is 27.5. The van der Waals surface area contributed by atoms with Gasteiger partial charge in [0.05, 0.1) is 29.6 Å². The minimum atomic E-state index is -1.64. The second-order valence-corrected chi connectivity index (χ2v) is 11.9. The van der Waals surface area contributed by atoms with Crippen LogP contribution in [0.1, 0.15) is 59.4 Å². The smallest absolute Gasteiger partial charge is 0.331 e. The number of aliphatic hydroxyl groups is 3. The number of ketones is 1. The number of rotatable bonds is 3. The SMILES string of the molecule is C[C@@H]1C[C@]2(OC(=O)C=Cc3ccccc3)C(=O)[C@]3(C)C=CC(C)(C)[C@H](O)CC[C@@]3(C)[C@H](O)[C@H]2[C@@H]1O. The second kappa shape index (κ2) is 8.68. The highest BCUT2D eigenvalue weighted by Crippen LogP contribution is 2.63. The van der Waals surface area contributed by atoms with Crippen LogP contribution in [0, 0.1) is 28.1 Å². The van der Waals surface area contributed by atoms with Crippen molar-refractivity contribution in [2.75, 3.05) is 0 Å². The molecular weight excluding hydrogens is 444 g/mol. The molecule has 0 spiro atoms. The predicted octanol–water partition coefficient (Wildman–Crippen LogP) is 3.69. The van der Waals surface area contributed by atoms with Gasteiger partial charge in [0.2, 0.25) is 0 Å². The molecule has 0 bridgehead atoms. The highest BCUT2D eigenvalue weighted by atomic mass is 16.6. The van der Waals surface area contributed by atoms with Crippen molar-refractivity contribution in [3.63, 3.8) is 0 Å².